The van der Waals surface area contributed by atoms with E-state index in [1.165, 1.54) is 18.4 Å². The number of thiazole rings is 1. The van der Waals surface area contributed by atoms with Gasteiger partial charge in [0.1, 0.15) is 5.75 Å². The zero-order valence-corrected chi connectivity index (χ0v) is 15.2. The van der Waals surface area contributed by atoms with E-state index in [0.29, 0.717) is 33.6 Å². The standard InChI is InChI=1S/C16H19N3O5S/c1-21-12-7-14(23-3)13(22-2)5-10(12)8-17-19-16-18-11(9-25-16)6-15(20)24-4/h5,7-9H,6H2,1-4H3,(H,18,19)/b17-8-. The lowest BCUT2D eigenvalue weighted by atomic mass is 10.2. The quantitative estimate of drug-likeness (QED) is 0.436. The molecule has 2 aromatic rings. The number of hydrogen-bond acceptors (Lipinski definition) is 9. The Balaban J connectivity index is 2.10. The van der Waals surface area contributed by atoms with Crippen LogP contribution < -0.4 is 19.6 Å². The Hall–Kier alpha value is -2.81. The highest BCUT2D eigenvalue weighted by Gasteiger charge is 2.11. The summed E-state index contributed by atoms with van der Waals surface area (Å²) in [6.07, 6.45) is 1.71. The van der Waals surface area contributed by atoms with Crippen LogP contribution in [0.25, 0.3) is 0 Å². The Morgan fingerprint density at radius 2 is 1.84 bits per heavy atom. The van der Waals surface area contributed by atoms with Gasteiger partial charge in [0, 0.05) is 17.0 Å². The van der Waals surface area contributed by atoms with E-state index in [1.807, 2.05) is 0 Å². The number of carbonyl (C=O) groups is 1. The number of aromatic nitrogens is 1. The topological polar surface area (TPSA) is 91.3 Å². The first-order valence-electron chi connectivity index (χ1n) is 7.21. The van der Waals surface area contributed by atoms with Crippen molar-refractivity contribution >= 4 is 28.7 Å². The average molecular weight is 365 g/mol. The van der Waals surface area contributed by atoms with Crippen molar-refractivity contribution in [3.8, 4) is 17.2 Å². The molecule has 0 aliphatic heterocycles. The van der Waals surface area contributed by atoms with Gasteiger partial charge in [0.2, 0.25) is 5.13 Å². The van der Waals surface area contributed by atoms with Crippen molar-refractivity contribution in [3.05, 3.63) is 28.8 Å². The lowest BCUT2D eigenvalue weighted by Crippen LogP contribution is -2.04. The van der Waals surface area contributed by atoms with Gasteiger partial charge in [0.15, 0.2) is 11.5 Å². The molecule has 2 rings (SSSR count). The summed E-state index contributed by atoms with van der Waals surface area (Å²) in [7, 11) is 6.02. The maximum absolute atomic E-state index is 11.2. The lowest BCUT2D eigenvalue weighted by molar-refractivity contribution is -0.139. The number of nitrogens with zero attached hydrogens (tertiary/aromatic N) is 2. The summed E-state index contributed by atoms with van der Waals surface area (Å²) >= 11 is 1.34. The van der Waals surface area contributed by atoms with Crippen LogP contribution in [0.1, 0.15) is 11.3 Å². The molecule has 0 aliphatic rings. The van der Waals surface area contributed by atoms with Crippen LogP contribution in [0.3, 0.4) is 0 Å². The van der Waals surface area contributed by atoms with Gasteiger partial charge in [-0.1, -0.05) is 0 Å². The van der Waals surface area contributed by atoms with Crippen molar-refractivity contribution in [2.75, 3.05) is 33.9 Å². The average Bonchev–Trinajstić information content (AvgIpc) is 3.08. The third kappa shape index (κ3) is 4.83. The van der Waals surface area contributed by atoms with Gasteiger partial charge < -0.3 is 18.9 Å². The van der Waals surface area contributed by atoms with Crippen molar-refractivity contribution < 1.29 is 23.7 Å². The van der Waals surface area contributed by atoms with E-state index in [-0.39, 0.29) is 12.4 Å². The second kappa shape index (κ2) is 8.88. The van der Waals surface area contributed by atoms with Crippen LogP contribution >= 0.6 is 11.3 Å². The second-order valence-corrected chi connectivity index (χ2v) is 5.57. The number of benzene rings is 1. The van der Waals surface area contributed by atoms with E-state index >= 15 is 0 Å². The number of rotatable bonds is 8. The van der Waals surface area contributed by atoms with Crippen LogP contribution in [-0.4, -0.2) is 45.6 Å². The lowest BCUT2D eigenvalue weighted by Gasteiger charge is -2.11. The molecule has 0 amide bonds. The van der Waals surface area contributed by atoms with Gasteiger partial charge in [-0.15, -0.1) is 11.3 Å². The Labute approximate surface area is 149 Å². The monoisotopic (exact) mass is 365 g/mol. The van der Waals surface area contributed by atoms with Gasteiger partial charge in [-0.2, -0.15) is 5.10 Å². The summed E-state index contributed by atoms with van der Waals surface area (Å²) in [5, 5.41) is 6.48. The van der Waals surface area contributed by atoms with E-state index in [1.54, 1.807) is 45.1 Å². The predicted octanol–water partition coefficient (Wildman–Crippen LogP) is 2.33. The van der Waals surface area contributed by atoms with Crippen molar-refractivity contribution in [1.82, 2.24) is 4.98 Å². The Morgan fingerprint density at radius 1 is 1.16 bits per heavy atom. The third-order valence-electron chi connectivity index (χ3n) is 3.20. The number of methoxy groups -OCH3 is 4. The fourth-order valence-electron chi connectivity index (χ4n) is 1.97. The minimum absolute atomic E-state index is 0.127. The van der Waals surface area contributed by atoms with Crippen LogP contribution in [0, 0.1) is 0 Å². The fraction of sp³-hybridized carbons (Fsp3) is 0.312. The minimum atomic E-state index is -0.338. The molecule has 25 heavy (non-hydrogen) atoms. The zero-order chi connectivity index (χ0) is 18.2. The van der Waals surface area contributed by atoms with Gasteiger partial charge in [0.05, 0.1) is 46.8 Å². The molecule has 0 aliphatic carbocycles. The minimum Gasteiger partial charge on any atom is -0.496 e. The van der Waals surface area contributed by atoms with Gasteiger partial charge in [0.25, 0.3) is 0 Å². The maximum Gasteiger partial charge on any atom is 0.311 e. The molecular weight excluding hydrogens is 346 g/mol. The highest BCUT2D eigenvalue weighted by atomic mass is 32.1. The van der Waals surface area contributed by atoms with E-state index in [4.69, 9.17) is 14.2 Å². The number of carbonyl (C=O) groups excluding carboxylic acids is 1. The molecule has 0 atom stereocenters. The number of hydrogen-bond donors (Lipinski definition) is 1. The number of nitrogens with one attached hydrogen (secondary N) is 1. The van der Waals surface area contributed by atoms with Gasteiger partial charge in [-0.3, -0.25) is 10.2 Å². The molecule has 8 nitrogen and oxygen atoms in total. The Morgan fingerprint density at radius 3 is 2.48 bits per heavy atom. The van der Waals surface area contributed by atoms with Crippen LogP contribution in [0.15, 0.2) is 22.6 Å². The molecule has 0 unspecified atom stereocenters. The first-order valence-corrected chi connectivity index (χ1v) is 8.09. The third-order valence-corrected chi connectivity index (χ3v) is 4.00. The Kier molecular flexibility index (Phi) is 6.58. The van der Waals surface area contributed by atoms with Crippen molar-refractivity contribution in [2.24, 2.45) is 5.10 Å². The molecule has 0 spiro atoms. The smallest absolute Gasteiger partial charge is 0.311 e. The van der Waals surface area contributed by atoms with E-state index < -0.39 is 0 Å². The van der Waals surface area contributed by atoms with E-state index in [2.05, 4.69) is 20.2 Å². The molecule has 134 valence electrons. The molecule has 1 N–H and O–H groups in total. The van der Waals surface area contributed by atoms with Crippen LogP contribution in [0.5, 0.6) is 17.2 Å². The molecule has 9 heteroatoms. The molecule has 0 radical (unpaired) electrons. The number of ether oxygens (including phenoxy) is 4. The highest BCUT2D eigenvalue weighted by molar-refractivity contribution is 7.13. The molecule has 0 saturated carbocycles. The maximum atomic E-state index is 11.2. The summed E-state index contributed by atoms with van der Waals surface area (Å²) in [5.74, 6) is 1.39. The van der Waals surface area contributed by atoms with Crippen molar-refractivity contribution in [1.29, 1.82) is 0 Å². The van der Waals surface area contributed by atoms with E-state index in [9.17, 15) is 4.79 Å². The SMILES string of the molecule is COC(=O)Cc1csc(N/N=C\c2cc(OC)c(OC)cc2OC)n1. The molecule has 0 fully saturated rings. The summed E-state index contributed by atoms with van der Waals surface area (Å²) in [6.45, 7) is 0. The highest BCUT2D eigenvalue weighted by Crippen LogP contribution is 2.33. The first kappa shape index (κ1) is 18.5. The summed E-state index contributed by atoms with van der Waals surface area (Å²) in [4.78, 5) is 15.5. The summed E-state index contributed by atoms with van der Waals surface area (Å²) < 4.78 is 20.5. The number of esters is 1. The van der Waals surface area contributed by atoms with Crippen LogP contribution in [0.4, 0.5) is 5.13 Å². The summed E-state index contributed by atoms with van der Waals surface area (Å²) in [5.41, 5.74) is 4.15. The zero-order valence-electron chi connectivity index (χ0n) is 14.4. The molecule has 1 heterocycles. The first-order chi connectivity index (χ1) is 12.1. The van der Waals surface area contributed by atoms with Gasteiger partial charge in [-0.05, 0) is 6.07 Å². The predicted molar refractivity (Wildman–Crippen MR) is 95.1 cm³/mol. The molecule has 1 aromatic carbocycles. The van der Waals surface area contributed by atoms with Crippen molar-refractivity contribution in [3.63, 3.8) is 0 Å². The van der Waals surface area contributed by atoms with Crippen molar-refractivity contribution in [2.45, 2.75) is 6.42 Å². The molecule has 0 saturated heterocycles. The van der Waals surface area contributed by atoms with Gasteiger partial charge in [-0.25, -0.2) is 4.98 Å². The molecular formula is C16H19N3O5S. The largest absolute Gasteiger partial charge is 0.496 e. The van der Waals surface area contributed by atoms with Crippen LogP contribution in [0.2, 0.25) is 0 Å². The van der Waals surface area contributed by atoms with E-state index in [0.717, 1.165) is 0 Å². The Bertz CT molecular complexity index is 760. The summed E-state index contributed by atoms with van der Waals surface area (Å²) in [6, 6.07) is 3.48. The second-order valence-electron chi connectivity index (χ2n) is 4.72. The number of anilines is 1. The normalized spacial score (nSPS) is 10.6. The molecule has 1 aromatic heterocycles. The molecule has 0 bridgehead atoms. The van der Waals surface area contributed by atoms with Gasteiger partial charge >= 0.3 is 5.97 Å². The van der Waals surface area contributed by atoms with Crippen LogP contribution in [-0.2, 0) is 16.0 Å². The number of hydrazone groups is 1. The fourth-order valence-corrected chi connectivity index (χ4v) is 2.63.